The first-order valence-corrected chi connectivity index (χ1v) is 23.7. The van der Waals surface area contributed by atoms with Crippen molar-refractivity contribution < 1.29 is 28.6 Å². The molecule has 0 fully saturated rings. The summed E-state index contributed by atoms with van der Waals surface area (Å²) in [5, 5.41) is 2.80. The minimum Gasteiger partial charge on any atom is -0.462 e. The molecule has 8 heteroatoms. The van der Waals surface area contributed by atoms with Crippen molar-refractivity contribution in [3.8, 4) is 0 Å². The summed E-state index contributed by atoms with van der Waals surface area (Å²) in [4.78, 5) is 40.1. The predicted octanol–water partition coefficient (Wildman–Crippen LogP) is 13.4. The molecular weight excluding hydrogens is 701 g/mol. The largest absolute Gasteiger partial charge is 0.462 e. The highest BCUT2D eigenvalue weighted by Crippen LogP contribution is 2.13. The van der Waals surface area contributed by atoms with E-state index in [-0.39, 0.29) is 25.2 Å². The van der Waals surface area contributed by atoms with Crippen LogP contribution in [0.4, 0.5) is 4.79 Å². The maximum atomic E-state index is 12.7. The standard InChI is InChI=1S/C48H90N2O6/c1-5-9-11-13-15-17-19-21-23-25-27-29-31-33-35-37-46(51)54-43-45(44-55-48(53)49-39-42-50(40-7-3)41-8-4)56-47(52)38-36-34-32-30-28-26-24-22-20-18-16-14-12-10-6-2/h21-24,45H,5-20,25-44H2,1-4H3,(H,49,53)/b23-21-,24-22-. The van der Waals surface area contributed by atoms with Crippen LogP contribution in [0.25, 0.3) is 0 Å². The summed E-state index contributed by atoms with van der Waals surface area (Å²) in [6.45, 7) is 11.7. The predicted molar refractivity (Wildman–Crippen MR) is 236 cm³/mol. The number of esters is 2. The van der Waals surface area contributed by atoms with Gasteiger partial charge in [0.2, 0.25) is 0 Å². The fourth-order valence-electron chi connectivity index (χ4n) is 6.80. The van der Waals surface area contributed by atoms with E-state index in [1.165, 1.54) is 109 Å². The Kier molecular flexibility index (Phi) is 41.9. The van der Waals surface area contributed by atoms with Crippen LogP contribution in [0.2, 0.25) is 0 Å². The molecule has 1 amide bonds. The van der Waals surface area contributed by atoms with Gasteiger partial charge in [0.05, 0.1) is 0 Å². The van der Waals surface area contributed by atoms with Crippen LogP contribution >= 0.6 is 0 Å². The fraction of sp³-hybridized carbons (Fsp3) is 0.854. The number of carbonyl (C=O) groups is 3. The second kappa shape index (κ2) is 43.8. The fourth-order valence-corrected chi connectivity index (χ4v) is 6.80. The number of nitrogens with zero attached hydrogens (tertiary/aromatic N) is 1. The number of hydrogen-bond donors (Lipinski definition) is 1. The summed E-state index contributed by atoms with van der Waals surface area (Å²) >= 11 is 0. The maximum absolute atomic E-state index is 12.7. The molecule has 1 unspecified atom stereocenters. The van der Waals surface area contributed by atoms with Gasteiger partial charge in [-0.25, -0.2) is 4.79 Å². The van der Waals surface area contributed by atoms with Crippen molar-refractivity contribution in [1.29, 1.82) is 0 Å². The highest BCUT2D eigenvalue weighted by molar-refractivity contribution is 5.70. The summed E-state index contributed by atoms with van der Waals surface area (Å²) in [6.07, 6.45) is 41.8. The van der Waals surface area contributed by atoms with Crippen molar-refractivity contribution in [1.82, 2.24) is 10.2 Å². The summed E-state index contributed by atoms with van der Waals surface area (Å²) in [5.74, 6) is -0.656. The summed E-state index contributed by atoms with van der Waals surface area (Å²) in [6, 6.07) is 0. The first-order valence-electron chi connectivity index (χ1n) is 23.7. The van der Waals surface area contributed by atoms with Crippen molar-refractivity contribution in [2.75, 3.05) is 39.4 Å². The zero-order valence-electron chi connectivity index (χ0n) is 37.2. The van der Waals surface area contributed by atoms with Crippen molar-refractivity contribution in [3.05, 3.63) is 24.3 Å². The van der Waals surface area contributed by atoms with Crippen molar-refractivity contribution in [2.45, 2.75) is 226 Å². The Hall–Kier alpha value is -2.35. The molecule has 0 aliphatic heterocycles. The van der Waals surface area contributed by atoms with Gasteiger partial charge in [-0.2, -0.15) is 0 Å². The monoisotopic (exact) mass is 791 g/mol. The molecule has 0 saturated heterocycles. The molecule has 328 valence electrons. The third-order valence-electron chi connectivity index (χ3n) is 10.2. The van der Waals surface area contributed by atoms with Crippen molar-refractivity contribution in [3.63, 3.8) is 0 Å². The van der Waals surface area contributed by atoms with E-state index in [0.717, 1.165) is 90.3 Å². The average Bonchev–Trinajstić information content (AvgIpc) is 3.19. The highest BCUT2D eigenvalue weighted by Gasteiger charge is 2.19. The molecule has 0 aromatic heterocycles. The first-order chi connectivity index (χ1) is 27.5. The molecular formula is C48H90N2O6. The number of ether oxygens (including phenoxy) is 3. The van der Waals surface area contributed by atoms with E-state index in [1.54, 1.807) is 0 Å². The Bertz CT molecular complexity index is 933. The van der Waals surface area contributed by atoms with Gasteiger partial charge in [0, 0.05) is 25.9 Å². The molecule has 1 N–H and O–H groups in total. The van der Waals surface area contributed by atoms with Crippen LogP contribution in [-0.2, 0) is 23.8 Å². The van der Waals surface area contributed by atoms with Gasteiger partial charge in [-0.3, -0.25) is 9.59 Å². The van der Waals surface area contributed by atoms with Crippen molar-refractivity contribution in [2.24, 2.45) is 0 Å². The van der Waals surface area contributed by atoms with Gasteiger partial charge in [0.1, 0.15) is 13.2 Å². The molecule has 56 heavy (non-hydrogen) atoms. The van der Waals surface area contributed by atoms with Gasteiger partial charge < -0.3 is 24.4 Å². The molecule has 0 bridgehead atoms. The molecule has 0 aliphatic rings. The lowest BCUT2D eigenvalue weighted by atomic mass is 10.1. The molecule has 8 nitrogen and oxygen atoms in total. The number of rotatable bonds is 42. The lowest BCUT2D eigenvalue weighted by molar-refractivity contribution is -0.161. The molecule has 0 saturated carbocycles. The molecule has 0 aromatic carbocycles. The third kappa shape index (κ3) is 39.9. The summed E-state index contributed by atoms with van der Waals surface area (Å²) in [5.41, 5.74) is 0. The topological polar surface area (TPSA) is 94.2 Å². The minimum atomic E-state index is -0.828. The van der Waals surface area contributed by atoms with Gasteiger partial charge >= 0.3 is 18.0 Å². The Morgan fingerprint density at radius 1 is 0.464 bits per heavy atom. The van der Waals surface area contributed by atoms with Crippen LogP contribution in [0.1, 0.15) is 220 Å². The summed E-state index contributed by atoms with van der Waals surface area (Å²) in [7, 11) is 0. The number of amides is 1. The van der Waals surface area contributed by atoms with E-state index in [9.17, 15) is 14.4 Å². The van der Waals surface area contributed by atoms with Crippen LogP contribution in [0.3, 0.4) is 0 Å². The van der Waals surface area contributed by atoms with Gasteiger partial charge in [-0.05, 0) is 90.1 Å². The number of nitrogens with one attached hydrogen (secondary N) is 1. The lowest BCUT2D eigenvalue weighted by Crippen LogP contribution is -2.38. The Balaban J connectivity index is 4.41. The van der Waals surface area contributed by atoms with E-state index in [2.05, 4.69) is 62.2 Å². The number of hydrogen-bond acceptors (Lipinski definition) is 7. The van der Waals surface area contributed by atoms with Crippen LogP contribution in [-0.4, -0.2) is 68.4 Å². The molecule has 0 aliphatic carbocycles. The van der Waals surface area contributed by atoms with Gasteiger partial charge in [0.15, 0.2) is 6.10 Å². The summed E-state index contributed by atoms with van der Waals surface area (Å²) < 4.78 is 16.6. The van der Waals surface area contributed by atoms with Gasteiger partial charge in [-0.1, -0.05) is 155 Å². The molecule has 0 radical (unpaired) electrons. The second-order valence-electron chi connectivity index (χ2n) is 15.8. The number of alkyl carbamates (subject to hydrolysis) is 1. The van der Waals surface area contributed by atoms with E-state index >= 15 is 0 Å². The van der Waals surface area contributed by atoms with E-state index in [0.29, 0.717) is 19.4 Å². The SMILES string of the molecule is CCCCCCCC/C=C\CCCCCCCC(=O)OCC(COC(=O)NCCN(CCC)CCC)OC(=O)CCCCCCC/C=C\CCCCCCCC. The average molecular weight is 791 g/mol. The minimum absolute atomic E-state index is 0.115. The Labute approximate surface area is 346 Å². The molecule has 0 spiro atoms. The Morgan fingerprint density at radius 2 is 0.857 bits per heavy atom. The van der Waals surface area contributed by atoms with Crippen molar-refractivity contribution >= 4 is 18.0 Å². The zero-order chi connectivity index (χ0) is 41.0. The molecule has 1 atom stereocenters. The van der Waals surface area contributed by atoms with Crippen LogP contribution in [0.15, 0.2) is 24.3 Å². The maximum Gasteiger partial charge on any atom is 0.407 e. The molecule has 0 heterocycles. The number of carbonyl (C=O) groups excluding carboxylic acids is 3. The number of allylic oxidation sites excluding steroid dienone is 4. The van der Waals surface area contributed by atoms with E-state index in [1.807, 2.05) is 0 Å². The normalized spacial score (nSPS) is 12.2. The zero-order valence-corrected chi connectivity index (χ0v) is 37.2. The van der Waals surface area contributed by atoms with Gasteiger partial charge in [-0.15, -0.1) is 0 Å². The smallest absolute Gasteiger partial charge is 0.407 e. The quantitative estimate of drug-likeness (QED) is 0.0285. The lowest BCUT2D eigenvalue weighted by Gasteiger charge is -2.21. The van der Waals surface area contributed by atoms with Crippen LogP contribution < -0.4 is 5.32 Å². The first kappa shape index (κ1) is 53.6. The van der Waals surface area contributed by atoms with E-state index in [4.69, 9.17) is 14.2 Å². The third-order valence-corrected chi connectivity index (χ3v) is 10.2. The van der Waals surface area contributed by atoms with Crippen LogP contribution in [0.5, 0.6) is 0 Å². The van der Waals surface area contributed by atoms with Gasteiger partial charge in [0.25, 0.3) is 0 Å². The molecule has 0 rings (SSSR count). The number of unbranched alkanes of at least 4 members (excludes halogenated alkanes) is 22. The Morgan fingerprint density at radius 3 is 1.30 bits per heavy atom. The highest BCUT2D eigenvalue weighted by atomic mass is 16.6. The second-order valence-corrected chi connectivity index (χ2v) is 15.8. The molecule has 0 aromatic rings. The van der Waals surface area contributed by atoms with E-state index < -0.39 is 12.2 Å². The van der Waals surface area contributed by atoms with Crippen LogP contribution in [0, 0.1) is 0 Å².